The third-order valence-electron chi connectivity index (χ3n) is 5.91. The number of benzene rings is 2. The molecule has 190 valence electrons. The number of anilines is 1. The second kappa shape index (κ2) is 11.4. The highest BCUT2D eigenvalue weighted by Crippen LogP contribution is 2.36. The van der Waals surface area contributed by atoms with Gasteiger partial charge in [0.25, 0.3) is 0 Å². The molecule has 2 aromatic carbocycles. The van der Waals surface area contributed by atoms with Crippen molar-refractivity contribution in [2.75, 3.05) is 23.9 Å². The Balaban J connectivity index is 1.93. The lowest BCUT2D eigenvalue weighted by Crippen LogP contribution is -2.53. The maximum absolute atomic E-state index is 13.7. The zero-order valence-corrected chi connectivity index (χ0v) is 21.4. The Hall–Kier alpha value is -3.27. The van der Waals surface area contributed by atoms with Crippen LogP contribution < -0.4 is 19.1 Å². The average Bonchev–Trinajstić information content (AvgIpc) is 3.30. The van der Waals surface area contributed by atoms with Crippen molar-refractivity contribution < 1.29 is 27.5 Å². The van der Waals surface area contributed by atoms with Crippen LogP contribution in [-0.2, 0) is 26.2 Å². The molecule has 0 bridgehead atoms. The van der Waals surface area contributed by atoms with Gasteiger partial charge in [-0.25, -0.2) is 8.42 Å². The number of amides is 2. The minimum atomic E-state index is -3.82. The Bertz CT molecular complexity index is 1140. The van der Waals surface area contributed by atoms with Crippen molar-refractivity contribution in [3.63, 3.8) is 0 Å². The number of hydrogen-bond acceptors (Lipinski definition) is 6. The summed E-state index contributed by atoms with van der Waals surface area (Å²) < 4.78 is 37.1. The summed E-state index contributed by atoms with van der Waals surface area (Å²) in [6.07, 6.45) is 2.17. The molecule has 0 spiro atoms. The van der Waals surface area contributed by atoms with Gasteiger partial charge in [0.2, 0.25) is 28.6 Å². The lowest BCUT2D eigenvalue weighted by molar-refractivity contribution is -0.140. The van der Waals surface area contributed by atoms with E-state index in [2.05, 4.69) is 5.32 Å². The Morgan fingerprint density at radius 2 is 1.71 bits per heavy atom. The second-order valence-electron chi connectivity index (χ2n) is 8.56. The van der Waals surface area contributed by atoms with E-state index in [4.69, 9.17) is 9.47 Å². The number of ether oxygens (including phenoxy) is 2. The molecule has 0 saturated carbocycles. The van der Waals surface area contributed by atoms with E-state index < -0.39 is 28.5 Å². The minimum Gasteiger partial charge on any atom is -0.454 e. The molecule has 2 atom stereocenters. The third kappa shape index (κ3) is 6.66. The van der Waals surface area contributed by atoms with Crippen molar-refractivity contribution >= 4 is 27.5 Å². The minimum absolute atomic E-state index is 0.0465. The summed E-state index contributed by atoms with van der Waals surface area (Å²) >= 11 is 0. The fourth-order valence-corrected chi connectivity index (χ4v) is 4.64. The number of rotatable bonds is 11. The highest BCUT2D eigenvalue weighted by atomic mass is 32.2. The van der Waals surface area contributed by atoms with Crippen molar-refractivity contribution in [3.05, 3.63) is 54.1 Å². The van der Waals surface area contributed by atoms with E-state index in [-0.39, 0.29) is 31.0 Å². The molecule has 1 heterocycles. The van der Waals surface area contributed by atoms with Crippen LogP contribution in [0, 0.1) is 0 Å². The van der Waals surface area contributed by atoms with Crippen LogP contribution >= 0.6 is 0 Å². The number of carbonyl (C=O) groups is 2. The average molecular weight is 504 g/mol. The van der Waals surface area contributed by atoms with Gasteiger partial charge in [0.1, 0.15) is 12.6 Å². The summed E-state index contributed by atoms with van der Waals surface area (Å²) in [4.78, 5) is 28.2. The highest BCUT2D eigenvalue weighted by Gasteiger charge is 2.32. The van der Waals surface area contributed by atoms with Gasteiger partial charge in [-0.15, -0.1) is 0 Å². The lowest BCUT2D eigenvalue weighted by Gasteiger charge is -2.33. The summed E-state index contributed by atoms with van der Waals surface area (Å²) in [7, 11) is -3.82. The summed E-state index contributed by atoms with van der Waals surface area (Å²) in [5.41, 5.74) is 1.12. The molecule has 3 rings (SSSR count). The number of sulfonamides is 1. The van der Waals surface area contributed by atoms with Gasteiger partial charge >= 0.3 is 0 Å². The molecule has 0 aliphatic carbocycles. The van der Waals surface area contributed by atoms with Crippen molar-refractivity contribution in [2.24, 2.45) is 0 Å². The predicted octanol–water partition coefficient (Wildman–Crippen LogP) is 2.90. The Morgan fingerprint density at radius 3 is 2.34 bits per heavy atom. The normalized spacial score (nSPS) is 14.2. The van der Waals surface area contributed by atoms with Crippen LogP contribution in [0.4, 0.5) is 5.69 Å². The first-order chi connectivity index (χ1) is 16.6. The van der Waals surface area contributed by atoms with E-state index >= 15 is 0 Å². The van der Waals surface area contributed by atoms with Gasteiger partial charge in [-0.2, -0.15) is 0 Å². The van der Waals surface area contributed by atoms with Crippen LogP contribution in [0.2, 0.25) is 0 Å². The SMILES string of the molecule is CCC(C)NC(=O)C(CC)N(Cc1ccccc1)C(=O)CN(c1ccc2c(c1)OCO2)S(C)(=O)=O. The summed E-state index contributed by atoms with van der Waals surface area (Å²) in [6, 6.07) is 13.2. The molecule has 2 aromatic rings. The number of fused-ring (bicyclic) bond motifs is 1. The van der Waals surface area contributed by atoms with Crippen molar-refractivity contribution in [3.8, 4) is 11.5 Å². The maximum atomic E-state index is 13.7. The molecule has 10 heteroatoms. The van der Waals surface area contributed by atoms with Crippen molar-refractivity contribution in [2.45, 2.75) is 52.2 Å². The van der Waals surface area contributed by atoms with E-state index in [0.29, 0.717) is 17.9 Å². The van der Waals surface area contributed by atoms with Crippen LogP contribution in [0.3, 0.4) is 0 Å². The van der Waals surface area contributed by atoms with Crippen LogP contribution in [0.5, 0.6) is 11.5 Å². The summed E-state index contributed by atoms with van der Waals surface area (Å²) in [5, 5.41) is 2.95. The van der Waals surface area contributed by atoms with Crippen LogP contribution in [0.1, 0.15) is 39.2 Å². The number of nitrogens with zero attached hydrogens (tertiary/aromatic N) is 2. The van der Waals surface area contributed by atoms with Gasteiger partial charge in [0, 0.05) is 18.7 Å². The second-order valence-corrected chi connectivity index (χ2v) is 10.5. The molecule has 0 radical (unpaired) electrons. The summed E-state index contributed by atoms with van der Waals surface area (Å²) in [6.45, 7) is 5.46. The lowest BCUT2D eigenvalue weighted by atomic mass is 10.1. The quantitative estimate of drug-likeness (QED) is 0.506. The molecular formula is C25H33N3O6S. The molecule has 1 aliphatic heterocycles. The van der Waals surface area contributed by atoms with Crippen LogP contribution in [-0.4, -0.2) is 56.8 Å². The van der Waals surface area contributed by atoms with Crippen molar-refractivity contribution in [1.82, 2.24) is 10.2 Å². The standard InChI is InChI=1S/C25H33N3O6S/c1-5-18(3)26-25(30)21(6-2)27(15-19-10-8-7-9-11-19)24(29)16-28(35(4,31)32)20-12-13-22-23(14-20)34-17-33-22/h7-14,18,21H,5-6,15-17H2,1-4H3,(H,26,30). The zero-order valence-electron chi connectivity index (χ0n) is 20.6. The Morgan fingerprint density at radius 1 is 1.03 bits per heavy atom. The topological polar surface area (TPSA) is 105 Å². The van der Waals surface area contributed by atoms with Gasteiger partial charge in [-0.05, 0) is 37.5 Å². The van der Waals surface area contributed by atoms with E-state index in [0.717, 1.165) is 22.5 Å². The zero-order chi connectivity index (χ0) is 25.6. The van der Waals surface area contributed by atoms with Crippen LogP contribution in [0.25, 0.3) is 0 Å². The van der Waals surface area contributed by atoms with Gasteiger partial charge in [-0.3, -0.25) is 13.9 Å². The van der Waals surface area contributed by atoms with Crippen molar-refractivity contribution in [1.29, 1.82) is 0 Å². The predicted molar refractivity (Wildman–Crippen MR) is 134 cm³/mol. The highest BCUT2D eigenvalue weighted by molar-refractivity contribution is 7.92. The smallest absolute Gasteiger partial charge is 0.244 e. The van der Waals surface area contributed by atoms with E-state index in [9.17, 15) is 18.0 Å². The fourth-order valence-electron chi connectivity index (χ4n) is 3.79. The van der Waals surface area contributed by atoms with Crippen LogP contribution in [0.15, 0.2) is 48.5 Å². The van der Waals surface area contributed by atoms with Gasteiger partial charge in [-0.1, -0.05) is 44.2 Å². The van der Waals surface area contributed by atoms with Gasteiger partial charge in [0.15, 0.2) is 11.5 Å². The monoisotopic (exact) mass is 503 g/mol. The maximum Gasteiger partial charge on any atom is 0.244 e. The first-order valence-electron chi connectivity index (χ1n) is 11.6. The number of carbonyl (C=O) groups excluding carboxylic acids is 2. The summed E-state index contributed by atoms with van der Waals surface area (Å²) in [5.74, 6) is 0.166. The van der Waals surface area contributed by atoms with Gasteiger partial charge in [0.05, 0.1) is 11.9 Å². The number of nitrogens with one attached hydrogen (secondary N) is 1. The largest absolute Gasteiger partial charge is 0.454 e. The molecule has 1 aliphatic rings. The Kier molecular flexibility index (Phi) is 8.61. The van der Waals surface area contributed by atoms with E-state index in [1.54, 1.807) is 12.1 Å². The molecule has 2 unspecified atom stereocenters. The molecule has 9 nitrogen and oxygen atoms in total. The fraction of sp³-hybridized carbons (Fsp3) is 0.440. The molecular weight excluding hydrogens is 470 g/mol. The van der Waals surface area contributed by atoms with Gasteiger partial charge < -0.3 is 19.7 Å². The first kappa shape index (κ1) is 26.3. The molecule has 35 heavy (non-hydrogen) atoms. The van der Waals surface area contributed by atoms with E-state index in [1.807, 2.05) is 51.1 Å². The number of hydrogen-bond donors (Lipinski definition) is 1. The molecule has 0 fully saturated rings. The van der Waals surface area contributed by atoms with E-state index in [1.165, 1.54) is 11.0 Å². The Labute approximate surface area is 207 Å². The molecule has 2 amide bonds. The molecule has 0 aromatic heterocycles. The first-order valence-corrected chi connectivity index (χ1v) is 13.5. The molecule has 0 saturated heterocycles. The molecule has 1 N–H and O–H groups in total. The third-order valence-corrected chi connectivity index (χ3v) is 7.05.